The number of ether oxygens (including phenoxy) is 1. The zero-order valence-corrected chi connectivity index (χ0v) is 22.5. The van der Waals surface area contributed by atoms with Crippen molar-refractivity contribution in [3.8, 4) is 28.0 Å². The van der Waals surface area contributed by atoms with Crippen LogP contribution in [0.3, 0.4) is 0 Å². The molecule has 1 aliphatic rings. The summed E-state index contributed by atoms with van der Waals surface area (Å²) >= 11 is 0. The topological polar surface area (TPSA) is 9.23 Å². The number of hydrogen-bond acceptors (Lipinski definition) is 1. The van der Waals surface area contributed by atoms with Crippen molar-refractivity contribution in [3.05, 3.63) is 113 Å². The van der Waals surface area contributed by atoms with E-state index in [1.807, 2.05) is 0 Å². The lowest BCUT2D eigenvalue weighted by Gasteiger charge is -2.26. The molecule has 0 unspecified atom stereocenters. The van der Waals surface area contributed by atoms with Gasteiger partial charge >= 0.3 is 6.11 Å². The Bertz CT molecular complexity index is 1590. The molecule has 0 aliphatic heterocycles. The van der Waals surface area contributed by atoms with E-state index in [1.54, 1.807) is 6.07 Å². The van der Waals surface area contributed by atoms with Crippen molar-refractivity contribution in [3.63, 3.8) is 0 Å². The minimum Gasteiger partial charge on any atom is -0.429 e. The monoisotopic (exact) mass is 590 g/mol. The molecule has 0 amide bonds. The summed E-state index contributed by atoms with van der Waals surface area (Å²) < 4.78 is 121. The Morgan fingerprint density at radius 3 is 1.86 bits per heavy atom. The minimum atomic E-state index is -4.57. The van der Waals surface area contributed by atoms with Crippen LogP contribution in [0.2, 0.25) is 0 Å². The zero-order chi connectivity index (χ0) is 30.2. The molecule has 5 rings (SSSR count). The largest absolute Gasteiger partial charge is 0.432 e. The predicted molar refractivity (Wildman–Crippen MR) is 143 cm³/mol. The lowest BCUT2D eigenvalue weighted by Crippen LogP contribution is -2.25. The summed E-state index contributed by atoms with van der Waals surface area (Å²) in [5.41, 5.74) is -1.78. The Hall–Kier alpha value is -3.88. The summed E-state index contributed by atoms with van der Waals surface area (Å²) in [6.07, 6.45) is -0.712. The lowest BCUT2D eigenvalue weighted by molar-refractivity contribution is -0.189. The molecule has 0 saturated heterocycles. The first kappa shape index (κ1) is 29.6. The molecule has 0 bridgehead atoms. The molecule has 220 valence electrons. The van der Waals surface area contributed by atoms with Gasteiger partial charge in [-0.25, -0.2) is 26.3 Å². The molecule has 0 aromatic heterocycles. The van der Waals surface area contributed by atoms with E-state index in [0.29, 0.717) is 24.1 Å². The third kappa shape index (κ3) is 6.01. The third-order valence-corrected chi connectivity index (χ3v) is 7.82. The Morgan fingerprint density at radius 2 is 1.26 bits per heavy atom. The molecule has 4 aromatic carbocycles. The summed E-state index contributed by atoms with van der Waals surface area (Å²) in [4.78, 5) is 0. The van der Waals surface area contributed by atoms with Gasteiger partial charge in [-0.05, 0) is 77.8 Å². The maximum atomic E-state index is 15.0. The molecule has 0 atom stereocenters. The van der Waals surface area contributed by atoms with Gasteiger partial charge in [0.1, 0.15) is 47.1 Å². The van der Waals surface area contributed by atoms with E-state index < -0.39 is 53.2 Å². The van der Waals surface area contributed by atoms with Gasteiger partial charge in [0, 0.05) is 22.8 Å². The van der Waals surface area contributed by atoms with E-state index >= 15 is 4.39 Å². The molecule has 0 spiro atoms. The van der Waals surface area contributed by atoms with E-state index in [1.165, 1.54) is 18.2 Å². The second kappa shape index (κ2) is 11.8. The summed E-state index contributed by atoms with van der Waals surface area (Å²) in [7, 11) is 0. The van der Waals surface area contributed by atoms with Crippen LogP contribution in [0, 0.1) is 35.0 Å². The maximum Gasteiger partial charge on any atom is 0.432 e. The van der Waals surface area contributed by atoms with Crippen LogP contribution in [0.5, 0.6) is 5.75 Å². The Kier molecular flexibility index (Phi) is 8.30. The first-order chi connectivity index (χ1) is 20.0. The summed E-state index contributed by atoms with van der Waals surface area (Å²) in [6, 6.07) is 11.3. The van der Waals surface area contributed by atoms with E-state index in [2.05, 4.69) is 11.7 Å². The van der Waals surface area contributed by atoms with Gasteiger partial charge in [-0.2, -0.15) is 8.78 Å². The van der Waals surface area contributed by atoms with E-state index in [0.717, 1.165) is 55.5 Å². The normalized spacial score (nSPS) is 17.4. The quantitative estimate of drug-likeness (QED) is 0.195. The summed E-state index contributed by atoms with van der Waals surface area (Å²) in [6.45, 7) is 1.10. The van der Waals surface area contributed by atoms with Gasteiger partial charge in [0.15, 0.2) is 0 Å². The van der Waals surface area contributed by atoms with Crippen LogP contribution in [-0.4, -0.2) is 0 Å². The molecule has 1 aliphatic carbocycles. The van der Waals surface area contributed by atoms with Crippen molar-refractivity contribution in [2.75, 3.05) is 0 Å². The number of benzene rings is 4. The highest BCUT2D eigenvalue weighted by Gasteiger charge is 2.41. The molecule has 1 fully saturated rings. The van der Waals surface area contributed by atoms with Gasteiger partial charge < -0.3 is 4.74 Å². The average Bonchev–Trinajstić information content (AvgIpc) is 2.92. The van der Waals surface area contributed by atoms with Crippen molar-refractivity contribution in [2.45, 2.75) is 51.3 Å². The highest BCUT2D eigenvalue weighted by molar-refractivity contribution is 5.66. The highest BCUT2D eigenvalue weighted by atomic mass is 19.3. The van der Waals surface area contributed by atoms with Crippen molar-refractivity contribution in [2.24, 2.45) is 5.92 Å². The van der Waals surface area contributed by atoms with Crippen molar-refractivity contribution >= 4 is 0 Å². The number of halogens is 8. The van der Waals surface area contributed by atoms with E-state index in [4.69, 9.17) is 0 Å². The minimum absolute atomic E-state index is 0.0155. The van der Waals surface area contributed by atoms with Crippen LogP contribution in [0.15, 0.2) is 66.7 Å². The van der Waals surface area contributed by atoms with Crippen LogP contribution in [0.1, 0.15) is 55.2 Å². The van der Waals surface area contributed by atoms with Crippen LogP contribution < -0.4 is 4.74 Å². The molecule has 0 heterocycles. The average molecular weight is 591 g/mol. The molecule has 1 saturated carbocycles. The Labute approximate surface area is 237 Å². The lowest BCUT2D eigenvalue weighted by atomic mass is 9.79. The van der Waals surface area contributed by atoms with Crippen LogP contribution >= 0.6 is 0 Å². The molecular formula is C33H26F8O. The van der Waals surface area contributed by atoms with E-state index in [9.17, 15) is 30.7 Å². The predicted octanol–water partition coefficient (Wildman–Crippen LogP) is 10.6. The maximum absolute atomic E-state index is 15.0. The molecule has 4 aromatic rings. The fraction of sp³-hybridized carbons (Fsp3) is 0.273. The molecule has 0 N–H and O–H groups in total. The second-order valence-corrected chi connectivity index (χ2v) is 10.7. The van der Waals surface area contributed by atoms with Crippen molar-refractivity contribution < 1.29 is 39.9 Å². The summed E-state index contributed by atoms with van der Waals surface area (Å²) in [5, 5.41) is 0. The van der Waals surface area contributed by atoms with Crippen LogP contribution in [-0.2, 0) is 12.8 Å². The van der Waals surface area contributed by atoms with Crippen molar-refractivity contribution in [1.82, 2.24) is 0 Å². The Balaban J connectivity index is 1.37. The zero-order valence-electron chi connectivity index (χ0n) is 22.5. The van der Waals surface area contributed by atoms with Crippen LogP contribution in [0.4, 0.5) is 35.1 Å². The molecule has 42 heavy (non-hydrogen) atoms. The second-order valence-electron chi connectivity index (χ2n) is 10.7. The first-order valence-corrected chi connectivity index (χ1v) is 13.5. The van der Waals surface area contributed by atoms with Crippen LogP contribution in [0.25, 0.3) is 22.3 Å². The van der Waals surface area contributed by atoms with Gasteiger partial charge in [-0.15, -0.1) is 0 Å². The first-order valence-electron chi connectivity index (χ1n) is 13.5. The highest BCUT2D eigenvalue weighted by Crippen LogP contribution is 2.40. The van der Waals surface area contributed by atoms with Gasteiger partial charge in [-0.1, -0.05) is 44.0 Å². The fourth-order valence-corrected chi connectivity index (χ4v) is 5.44. The van der Waals surface area contributed by atoms with E-state index in [-0.39, 0.29) is 33.7 Å². The standard InChI is InChI=1S/C33H26F8O/c1-18-2-4-19(5-3-18)20-8-10-26(28(36)12-20)23-14-30(38)32(31(39)15-23)33(40,41)42-24-9-11-25(29(37)16-24)21-6-7-22(17-34)27(35)13-21/h6-16,18-19H,2-5,17H2,1H3. The number of hydrogen-bond donors (Lipinski definition) is 0. The number of rotatable bonds is 7. The molecule has 1 nitrogen and oxygen atoms in total. The van der Waals surface area contributed by atoms with Gasteiger partial charge in [-0.3, -0.25) is 0 Å². The third-order valence-electron chi connectivity index (χ3n) is 7.82. The molecule has 9 heteroatoms. The van der Waals surface area contributed by atoms with Gasteiger partial charge in [0.05, 0.1) is 0 Å². The smallest absolute Gasteiger partial charge is 0.429 e. The molecular weight excluding hydrogens is 564 g/mol. The Morgan fingerprint density at radius 1 is 0.667 bits per heavy atom. The fourth-order valence-electron chi connectivity index (χ4n) is 5.44. The number of alkyl halides is 3. The van der Waals surface area contributed by atoms with Gasteiger partial charge in [0.25, 0.3) is 0 Å². The van der Waals surface area contributed by atoms with Gasteiger partial charge in [0.2, 0.25) is 0 Å². The SMILES string of the molecule is CC1CCC(c2ccc(-c3cc(F)c(C(F)(F)Oc4ccc(-c5ccc(CF)c(F)c5)c(F)c4)c(F)c3)c(F)c2)CC1. The summed E-state index contributed by atoms with van der Waals surface area (Å²) in [5.74, 6) is -6.06. The van der Waals surface area contributed by atoms with Crippen molar-refractivity contribution in [1.29, 1.82) is 0 Å². The molecule has 0 radical (unpaired) electrons.